The number of imidazole rings is 1. The van der Waals surface area contributed by atoms with Gasteiger partial charge in [0, 0.05) is 6.42 Å². The standard InChI is InChI=1S/C11H15N3O/c1-3-5-8-9(7-12)14-11(13-8)10(15)6-4-2/h3-6H2,1-2H3,(H,13,14). The third-order valence-electron chi connectivity index (χ3n) is 2.13. The summed E-state index contributed by atoms with van der Waals surface area (Å²) in [5, 5.41) is 8.83. The summed E-state index contributed by atoms with van der Waals surface area (Å²) < 4.78 is 0. The third-order valence-corrected chi connectivity index (χ3v) is 2.13. The van der Waals surface area contributed by atoms with Crippen LogP contribution in [0.5, 0.6) is 0 Å². The maximum atomic E-state index is 11.5. The lowest BCUT2D eigenvalue weighted by atomic mass is 10.2. The van der Waals surface area contributed by atoms with Gasteiger partial charge in [-0.25, -0.2) is 4.98 Å². The van der Waals surface area contributed by atoms with Crippen molar-refractivity contribution < 1.29 is 4.79 Å². The molecular formula is C11H15N3O. The number of hydrogen-bond donors (Lipinski definition) is 1. The van der Waals surface area contributed by atoms with E-state index in [1.165, 1.54) is 0 Å². The van der Waals surface area contributed by atoms with Gasteiger partial charge in [-0.1, -0.05) is 20.3 Å². The predicted molar refractivity (Wildman–Crippen MR) is 56.5 cm³/mol. The lowest BCUT2D eigenvalue weighted by Gasteiger charge is -1.93. The highest BCUT2D eigenvalue weighted by Crippen LogP contribution is 2.09. The number of aryl methyl sites for hydroxylation is 1. The zero-order chi connectivity index (χ0) is 11.3. The number of hydrogen-bond acceptors (Lipinski definition) is 3. The quantitative estimate of drug-likeness (QED) is 0.749. The van der Waals surface area contributed by atoms with Gasteiger partial charge in [-0.05, 0) is 12.8 Å². The van der Waals surface area contributed by atoms with Crippen molar-refractivity contribution in [3.63, 3.8) is 0 Å². The van der Waals surface area contributed by atoms with Crippen molar-refractivity contribution in [2.45, 2.75) is 39.5 Å². The molecule has 1 N–H and O–H groups in total. The van der Waals surface area contributed by atoms with Gasteiger partial charge in [0.15, 0.2) is 17.3 Å². The molecule has 1 rings (SSSR count). The first kappa shape index (κ1) is 11.4. The van der Waals surface area contributed by atoms with Crippen LogP contribution in [0.2, 0.25) is 0 Å². The van der Waals surface area contributed by atoms with Gasteiger partial charge < -0.3 is 4.98 Å². The first-order valence-corrected chi connectivity index (χ1v) is 5.25. The average molecular weight is 205 g/mol. The number of nitrogens with one attached hydrogen (secondary N) is 1. The van der Waals surface area contributed by atoms with Gasteiger partial charge in [0.05, 0.1) is 5.69 Å². The summed E-state index contributed by atoms with van der Waals surface area (Å²) in [4.78, 5) is 18.5. The molecule has 4 heteroatoms. The Morgan fingerprint density at radius 3 is 2.73 bits per heavy atom. The summed E-state index contributed by atoms with van der Waals surface area (Å²) >= 11 is 0. The van der Waals surface area contributed by atoms with Crippen LogP contribution in [0, 0.1) is 11.3 Å². The number of nitrogens with zero attached hydrogens (tertiary/aromatic N) is 2. The largest absolute Gasteiger partial charge is 0.338 e. The van der Waals surface area contributed by atoms with E-state index in [4.69, 9.17) is 5.26 Å². The highest BCUT2D eigenvalue weighted by molar-refractivity contribution is 5.92. The monoisotopic (exact) mass is 205 g/mol. The van der Waals surface area contributed by atoms with Gasteiger partial charge in [0.25, 0.3) is 0 Å². The second-order valence-corrected chi connectivity index (χ2v) is 3.45. The summed E-state index contributed by atoms with van der Waals surface area (Å²) in [6.45, 7) is 3.97. The zero-order valence-electron chi connectivity index (χ0n) is 9.13. The van der Waals surface area contributed by atoms with Gasteiger partial charge in [-0.3, -0.25) is 4.79 Å². The molecule has 0 saturated heterocycles. The van der Waals surface area contributed by atoms with Crippen LogP contribution < -0.4 is 0 Å². The third kappa shape index (κ3) is 2.66. The number of carbonyl (C=O) groups excluding carboxylic acids is 1. The molecule has 0 aromatic carbocycles. The van der Waals surface area contributed by atoms with Crippen LogP contribution in [0.1, 0.15) is 55.1 Å². The normalized spacial score (nSPS) is 9.93. The maximum absolute atomic E-state index is 11.5. The Kier molecular flexibility index (Phi) is 4.04. The highest BCUT2D eigenvalue weighted by Gasteiger charge is 2.13. The Bertz CT molecular complexity index is 387. The van der Waals surface area contributed by atoms with Crippen LogP contribution in [0.15, 0.2) is 0 Å². The predicted octanol–water partition coefficient (Wildman–Crippen LogP) is 2.22. The van der Waals surface area contributed by atoms with E-state index in [1.54, 1.807) is 0 Å². The minimum absolute atomic E-state index is 0.0173. The van der Waals surface area contributed by atoms with E-state index in [2.05, 4.69) is 9.97 Å². The van der Waals surface area contributed by atoms with Crippen molar-refractivity contribution in [3.8, 4) is 6.07 Å². The molecule has 1 aromatic heterocycles. The number of H-pyrrole nitrogens is 1. The van der Waals surface area contributed by atoms with E-state index in [1.807, 2.05) is 19.9 Å². The molecular weight excluding hydrogens is 190 g/mol. The Morgan fingerprint density at radius 1 is 1.47 bits per heavy atom. The van der Waals surface area contributed by atoms with E-state index in [0.29, 0.717) is 17.9 Å². The second kappa shape index (κ2) is 5.30. The summed E-state index contributed by atoms with van der Waals surface area (Å²) in [5.74, 6) is 0.313. The second-order valence-electron chi connectivity index (χ2n) is 3.45. The van der Waals surface area contributed by atoms with Gasteiger partial charge in [-0.2, -0.15) is 5.26 Å². The van der Waals surface area contributed by atoms with Crippen molar-refractivity contribution in [1.82, 2.24) is 9.97 Å². The van der Waals surface area contributed by atoms with Gasteiger partial charge >= 0.3 is 0 Å². The van der Waals surface area contributed by atoms with Gasteiger partial charge in [-0.15, -0.1) is 0 Å². The van der Waals surface area contributed by atoms with E-state index in [9.17, 15) is 4.79 Å². The molecule has 0 aliphatic carbocycles. The molecule has 1 heterocycles. The fraction of sp³-hybridized carbons (Fsp3) is 0.545. The molecule has 0 amide bonds. The molecule has 1 aromatic rings. The Labute approximate surface area is 89.3 Å². The zero-order valence-corrected chi connectivity index (χ0v) is 9.13. The molecule has 4 nitrogen and oxygen atoms in total. The van der Waals surface area contributed by atoms with E-state index in [-0.39, 0.29) is 5.78 Å². The van der Waals surface area contributed by atoms with Crippen LogP contribution >= 0.6 is 0 Å². The van der Waals surface area contributed by atoms with Gasteiger partial charge in [0.1, 0.15) is 6.07 Å². The van der Waals surface area contributed by atoms with E-state index < -0.39 is 0 Å². The van der Waals surface area contributed by atoms with Crippen LogP contribution in [0.3, 0.4) is 0 Å². The summed E-state index contributed by atoms with van der Waals surface area (Å²) in [6.07, 6.45) is 2.96. The molecule has 80 valence electrons. The Morgan fingerprint density at radius 2 is 2.20 bits per heavy atom. The molecule has 0 fully saturated rings. The smallest absolute Gasteiger partial charge is 0.198 e. The number of aromatic amines is 1. The summed E-state index contributed by atoms with van der Waals surface area (Å²) in [6, 6.07) is 2.00. The molecule has 0 atom stereocenters. The lowest BCUT2D eigenvalue weighted by Crippen LogP contribution is -2.00. The molecule has 0 unspecified atom stereocenters. The van der Waals surface area contributed by atoms with E-state index >= 15 is 0 Å². The molecule has 0 aliphatic rings. The van der Waals surface area contributed by atoms with Crippen molar-refractivity contribution in [1.29, 1.82) is 5.26 Å². The number of Topliss-reactive ketones (excluding diaryl/α,β-unsaturated/α-hetero) is 1. The Balaban J connectivity index is 2.93. The number of aromatic nitrogens is 2. The number of nitriles is 1. The summed E-state index contributed by atoms with van der Waals surface area (Å²) in [5.41, 5.74) is 1.13. The fourth-order valence-corrected chi connectivity index (χ4v) is 1.41. The van der Waals surface area contributed by atoms with Crippen molar-refractivity contribution in [2.24, 2.45) is 0 Å². The number of rotatable bonds is 5. The molecule has 0 bridgehead atoms. The van der Waals surface area contributed by atoms with Crippen LogP contribution in [0.25, 0.3) is 0 Å². The molecule has 0 radical (unpaired) electrons. The minimum atomic E-state index is -0.0173. The average Bonchev–Trinajstić information content (AvgIpc) is 2.62. The van der Waals surface area contributed by atoms with E-state index in [0.717, 1.165) is 25.0 Å². The molecule has 15 heavy (non-hydrogen) atoms. The van der Waals surface area contributed by atoms with Gasteiger partial charge in [0.2, 0.25) is 0 Å². The fourth-order valence-electron chi connectivity index (χ4n) is 1.41. The van der Waals surface area contributed by atoms with Crippen molar-refractivity contribution in [2.75, 3.05) is 0 Å². The molecule has 0 spiro atoms. The number of ketones is 1. The molecule has 0 aliphatic heterocycles. The van der Waals surface area contributed by atoms with Crippen molar-refractivity contribution in [3.05, 3.63) is 17.2 Å². The Hall–Kier alpha value is -1.63. The number of carbonyl (C=O) groups is 1. The molecule has 0 saturated carbocycles. The highest BCUT2D eigenvalue weighted by atomic mass is 16.1. The summed E-state index contributed by atoms with van der Waals surface area (Å²) in [7, 11) is 0. The SMILES string of the molecule is CCCC(=O)c1nc(C#N)c(CCC)[nH]1. The van der Waals surface area contributed by atoms with Crippen molar-refractivity contribution >= 4 is 5.78 Å². The first-order chi connectivity index (χ1) is 7.22. The first-order valence-electron chi connectivity index (χ1n) is 5.25. The van der Waals surface area contributed by atoms with Crippen LogP contribution in [0.4, 0.5) is 0 Å². The van der Waals surface area contributed by atoms with Crippen LogP contribution in [-0.4, -0.2) is 15.8 Å². The topological polar surface area (TPSA) is 69.5 Å². The lowest BCUT2D eigenvalue weighted by molar-refractivity contribution is 0.0972. The minimum Gasteiger partial charge on any atom is -0.338 e. The van der Waals surface area contributed by atoms with Crippen LogP contribution in [-0.2, 0) is 6.42 Å². The maximum Gasteiger partial charge on any atom is 0.198 e.